The van der Waals surface area contributed by atoms with Crippen LogP contribution in [0.15, 0.2) is 54.6 Å². The van der Waals surface area contributed by atoms with Gasteiger partial charge < -0.3 is 14.0 Å². The van der Waals surface area contributed by atoms with Crippen LogP contribution in [0.5, 0.6) is 5.75 Å². The van der Waals surface area contributed by atoms with Gasteiger partial charge in [0.05, 0.1) is 18.7 Å². The van der Waals surface area contributed by atoms with Crippen LogP contribution in [-0.2, 0) is 16.1 Å². The van der Waals surface area contributed by atoms with Gasteiger partial charge in [-0.15, -0.1) is 0 Å². The Labute approximate surface area is 200 Å². The quantitative estimate of drug-likeness (QED) is 0.179. The van der Waals surface area contributed by atoms with Gasteiger partial charge in [0.15, 0.2) is 0 Å². The summed E-state index contributed by atoms with van der Waals surface area (Å²) in [5.74, 6) is -2.53. The molecule has 6 heteroatoms. The van der Waals surface area contributed by atoms with Gasteiger partial charge in [-0.25, -0.2) is 8.78 Å². The summed E-state index contributed by atoms with van der Waals surface area (Å²) < 4.78 is 41.0. The van der Waals surface area contributed by atoms with Crippen LogP contribution >= 0.6 is 0 Å². The summed E-state index contributed by atoms with van der Waals surface area (Å²) in [6, 6.07) is 18.5. The summed E-state index contributed by atoms with van der Waals surface area (Å²) >= 11 is 0. The van der Waals surface area contributed by atoms with E-state index in [-0.39, 0.29) is 38.9 Å². The van der Waals surface area contributed by atoms with Crippen molar-refractivity contribution in [3.8, 4) is 17.0 Å². The molecule has 0 radical (unpaired) electrons. The van der Waals surface area contributed by atoms with Gasteiger partial charge in [-0.1, -0.05) is 50.1 Å². The van der Waals surface area contributed by atoms with Crippen molar-refractivity contribution in [2.75, 3.05) is 13.2 Å². The largest absolute Gasteiger partial charge is 0.494 e. The van der Waals surface area contributed by atoms with Crippen molar-refractivity contribution in [2.45, 2.75) is 71.3 Å². The summed E-state index contributed by atoms with van der Waals surface area (Å²) in [4.78, 5) is 10.7. The summed E-state index contributed by atoms with van der Waals surface area (Å²) in [5.41, 5.74) is 3.45. The van der Waals surface area contributed by atoms with Crippen LogP contribution in [-0.4, -0.2) is 29.7 Å². The molecule has 3 aromatic rings. The van der Waals surface area contributed by atoms with E-state index in [1.807, 2.05) is 36.4 Å². The van der Waals surface area contributed by atoms with Crippen LogP contribution < -0.4 is 4.74 Å². The van der Waals surface area contributed by atoms with Gasteiger partial charge in [0.2, 0.25) is 5.92 Å². The molecule has 0 unspecified atom stereocenters. The minimum absolute atomic E-state index is 0.0321. The average Bonchev–Trinajstić information content (AvgIpc) is 3.18. The van der Waals surface area contributed by atoms with E-state index in [2.05, 4.69) is 29.7 Å². The Bertz CT molecular complexity index is 1050. The molecule has 0 atom stereocenters. The van der Waals surface area contributed by atoms with E-state index in [9.17, 15) is 13.6 Å². The molecule has 2 aromatic carbocycles. The molecule has 1 heterocycles. The van der Waals surface area contributed by atoms with Gasteiger partial charge in [-0.05, 0) is 43.0 Å². The number of esters is 1. The third-order valence-corrected chi connectivity index (χ3v) is 5.88. The molecule has 184 valence electrons. The summed E-state index contributed by atoms with van der Waals surface area (Å²) in [7, 11) is 0. The molecule has 0 saturated heterocycles. The molecule has 0 spiro atoms. The summed E-state index contributed by atoms with van der Waals surface area (Å²) in [6.07, 6.45) is 3.29. The zero-order valence-electron chi connectivity index (χ0n) is 20.2. The predicted molar refractivity (Wildman–Crippen MR) is 132 cm³/mol. The number of alkyl halides is 2. The average molecular weight is 472 g/mol. The first kappa shape index (κ1) is 25.7. The molecule has 0 aliphatic rings. The molecule has 0 fully saturated rings. The van der Waals surface area contributed by atoms with E-state index in [1.54, 1.807) is 0 Å². The Hall–Kier alpha value is -2.89. The Morgan fingerprint density at radius 3 is 2.38 bits per heavy atom. The number of hydrogen-bond donors (Lipinski definition) is 0. The molecule has 0 bridgehead atoms. The maximum atomic E-state index is 14.0. The smallest absolute Gasteiger partial charge is 0.302 e. The van der Waals surface area contributed by atoms with Crippen LogP contribution in [0.3, 0.4) is 0 Å². The Morgan fingerprint density at radius 1 is 0.941 bits per heavy atom. The van der Waals surface area contributed by atoms with Crippen LogP contribution in [0, 0.1) is 0 Å². The van der Waals surface area contributed by atoms with Gasteiger partial charge in [-0.2, -0.15) is 0 Å². The molecule has 0 saturated carbocycles. The molecule has 0 N–H and O–H groups in total. The third-order valence-electron chi connectivity index (χ3n) is 5.88. The topological polar surface area (TPSA) is 40.5 Å². The molecule has 4 nitrogen and oxygen atoms in total. The Kier molecular flexibility index (Phi) is 9.49. The first-order valence-corrected chi connectivity index (χ1v) is 12.2. The predicted octanol–water partition coefficient (Wildman–Crippen LogP) is 7.64. The van der Waals surface area contributed by atoms with Crippen molar-refractivity contribution in [1.82, 2.24) is 4.57 Å². The van der Waals surface area contributed by atoms with Crippen LogP contribution in [0.25, 0.3) is 22.2 Å². The number of ether oxygens (including phenoxy) is 2. The normalized spacial score (nSPS) is 11.6. The number of fused-ring (bicyclic) bond motifs is 1. The number of aryl methyl sites for hydroxylation is 1. The first-order valence-electron chi connectivity index (χ1n) is 12.2. The van der Waals surface area contributed by atoms with E-state index in [4.69, 9.17) is 9.47 Å². The van der Waals surface area contributed by atoms with Crippen molar-refractivity contribution >= 4 is 16.9 Å². The van der Waals surface area contributed by atoms with Gasteiger partial charge >= 0.3 is 5.97 Å². The summed E-state index contributed by atoms with van der Waals surface area (Å²) in [5, 5.41) is 1.14. The van der Waals surface area contributed by atoms with Crippen LogP contribution in [0.2, 0.25) is 0 Å². The lowest BCUT2D eigenvalue weighted by Crippen LogP contribution is -2.18. The SMILES string of the molecule is CCCCCn1c(-c2ccccc2)cc2ccc(OCCCC(F)(F)CCCOC(C)=O)cc21. The van der Waals surface area contributed by atoms with E-state index in [0.29, 0.717) is 5.75 Å². The first-order chi connectivity index (χ1) is 16.4. The molecule has 1 aromatic heterocycles. The van der Waals surface area contributed by atoms with Crippen molar-refractivity contribution in [3.63, 3.8) is 0 Å². The van der Waals surface area contributed by atoms with Crippen molar-refractivity contribution < 1.29 is 23.0 Å². The molecular weight excluding hydrogens is 436 g/mol. The molecular formula is C28H35F2NO3. The number of unbranched alkanes of at least 4 members (excludes halogenated alkanes) is 2. The zero-order chi connectivity index (χ0) is 24.4. The molecule has 0 amide bonds. The fourth-order valence-electron chi connectivity index (χ4n) is 4.13. The fraction of sp³-hybridized carbons (Fsp3) is 0.464. The Balaban J connectivity index is 1.62. The molecule has 0 aliphatic heterocycles. The van der Waals surface area contributed by atoms with Gasteiger partial charge in [0.1, 0.15) is 5.75 Å². The number of aromatic nitrogens is 1. The number of halogens is 2. The van der Waals surface area contributed by atoms with Crippen molar-refractivity contribution in [3.05, 3.63) is 54.6 Å². The second-order valence-corrected chi connectivity index (χ2v) is 8.73. The molecule has 34 heavy (non-hydrogen) atoms. The standard InChI is InChI=1S/C28H35F2NO3/c1-3-4-8-17-31-26(23-11-6-5-7-12-23)20-24-13-14-25(21-27(24)31)34-19-10-16-28(29,30)15-9-18-33-22(2)32/h5-7,11-14,20-21H,3-4,8-10,15-19H2,1-2H3. The van der Waals surface area contributed by atoms with Crippen LogP contribution in [0.1, 0.15) is 58.8 Å². The van der Waals surface area contributed by atoms with Gasteiger partial charge in [0.25, 0.3) is 0 Å². The minimum atomic E-state index is -2.79. The minimum Gasteiger partial charge on any atom is -0.494 e. The number of hydrogen-bond acceptors (Lipinski definition) is 3. The highest BCUT2D eigenvalue weighted by Crippen LogP contribution is 2.32. The lowest BCUT2D eigenvalue weighted by Gasteiger charge is -2.16. The molecule has 0 aliphatic carbocycles. The number of carbonyl (C=O) groups excluding carboxylic acids is 1. The third kappa shape index (κ3) is 7.57. The van der Waals surface area contributed by atoms with Gasteiger partial charge in [-0.3, -0.25) is 4.79 Å². The monoisotopic (exact) mass is 471 g/mol. The highest BCUT2D eigenvalue weighted by atomic mass is 19.3. The van der Waals surface area contributed by atoms with Crippen molar-refractivity contribution in [2.24, 2.45) is 0 Å². The number of benzene rings is 2. The van der Waals surface area contributed by atoms with E-state index < -0.39 is 11.9 Å². The maximum Gasteiger partial charge on any atom is 0.302 e. The van der Waals surface area contributed by atoms with Gasteiger partial charge in [0, 0.05) is 43.5 Å². The van der Waals surface area contributed by atoms with E-state index in [0.717, 1.165) is 30.3 Å². The molecule has 3 rings (SSSR count). The van der Waals surface area contributed by atoms with E-state index in [1.165, 1.54) is 24.6 Å². The second-order valence-electron chi connectivity index (χ2n) is 8.73. The second kappa shape index (κ2) is 12.5. The lowest BCUT2D eigenvalue weighted by atomic mass is 10.1. The number of carbonyl (C=O) groups is 1. The fourth-order valence-corrected chi connectivity index (χ4v) is 4.13. The maximum absolute atomic E-state index is 14.0. The number of rotatable bonds is 14. The summed E-state index contributed by atoms with van der Waals surface area (Å²) in [6.45, 7) is 4.65. The zero-order valence-corrected chi connectivity index (χ0v) is 20.2. The Morgan fingerprint density at radius 2 is 1.68 bits per heavy atom. The van der Waals surface area contributed by atoms with Crippen molar-refractivity contribution in [1.29, 1.82) is 0 Å². The lowest BCUT2D eigenvalue weighted by molar-refractivity contribution is -0.141. The highest BCUT2D eigenvalue weighted by molar-refractivity contribution is 5.88. The highest BCUT2D eigenvalue weighted by Gasteiger charge is 2.27. The van der Waals surface area contributed by atoms with Crippen LogP contribution in [0.4, 0.5) is 8.78 Å². The van der Waals surface area contributed by atoms with E-state index >= 15 is 0 Å². The number of nitrogens with zero attached hydrogens (tertiary/aromatic N) is 1.